The predicted octanol–water partition coefficient (Wildman–Crippen LogP) is 2.90. The number of rotatable bonds is 4. The minimum atomic E-state index is -0.962. The largest absolute Gasteiger partial charge is 0.507 e. The number of aliphatic hydroxyl groups excluding tert-OH is 1. The highest BCUT2D eigenvalue weighted by Crippen LogP contribution is 2.48. The molecule has 31 heavy (non-hydrogen) atoms. The fourth-order valence-electron chi connectivity index (χ4n) is 3.68. The Hall–Kier alpha value is -3.92. The molecular formula is C21H15N3O6S. The molecular weight excluding hydrogens is 422 g/mol. The monoisotopic (exact) mass is 437 g/mol. The van der Waals surface area contributed by atoms with Crippen LogP contribution >= 0.6 is 11.3 Å². The van der Waals surface area contributed by atoms with E-state index in [0.29, 0.717) is 28.4 Å². The molecule has 3 heterocycles. The molecule has 1 unspecified atom stereocenters. The first-order valence-corrected chi connectivity index (χ1v) is 10.1. The van der Waals surface area contributed by atoms with E-state index in [0.717, 1.165) is 11.3 Å². The normalized spacial score (nSPS) is 19.1. The first kappa shape index (κ1) is 19.1. The van der Waals surface area contributed by atoms with Crippen molar-refractivity contribution in [3.8, 4) is 17.2 Å². The molecule has 9 nitrogen and oxygen atoms in total. The van der Waals surface area contributed by atoms with Gasteiger partial charge in [-0.1, -0.05) is 41.7 Å². The molecule has 2 aliphatic heterocycles. The minimum Gasteiger partial charge on any atom is -0.507 e. The lowest BCUT2D eigenvalue weighted by Crippen LogP contribution is -2.29. The molecule has 5 rings (SSSR count). The highest BCUT2D eigenvalue weighted by molar-refractivity contribution is 7.13. The number of methoxy groups -OCH3 is 1. The molecule has 10 heteroatoms. The van der Waals surface area contributed by atoms with Crippen molar-refractivity contribution in [1.82, 2.24) is 10.2 Å². The van der Waals surface area contributed by atoms with Crippen LogP contribution in [0.15, 0.2) is 53.5 Å². The molecule has 0 spiro atoms. The number of benzene rings is 2. The maximum atomic E-state index is 13.1. The van der Waals surface area contributed by atoms with E-state index in [1.54, 1.807) is 42.5 Å². The molecule has 1 fully saturated rings. The van der Waals surface area contributed by atoms with E-state index in [1.165, 1.54) is 17.5 Å². The number of hydrogen-bond donors (Lipinski definition) is 1. The first-order valence-electron chi connectivity index (χ1n) is 9.20. The van der Waals surface area contributed by atoms with Crippen LogP contribution in [0.4, 0.5) is 5.13 Å². The summed E-state index contributed by atoms with van der Waals surface area (Å²) in [6.07, 6.45) is 0. The standard InChI is InChI=1S/C21H15N3O6S/c1-28-13-7-12(8-14-19(13)30-10-29-14)16-15(17(25)11-5-3-2-4-6-11)18(26)20(27)24(16)21-23-22-9-31-21/h2-9,16,25H,10H2,1H3/b17-15+. The molecule has 2 aliphatic rings. The SMILES string of the molecule is COc1cc(C2/C(=C(\O)c3ccccc3)C(=O)C(=O)N2c2nncs2)cc2c1OCO2. The van der Waals surface area contributed by atoms with E-state index < -0.39 is 17.7 Å². The van der Waals surface area contributed by atoms with Gasteiger partial charge in [0, 0.05) is 5.56 Å². The van der Waals surface area contributed by atoms with Gasteiger partial charge < -0.3 is 19.3 Å². The van der Waals surface area contributed by atoms with E-state index in [4.69, 9.17) is 14.2 Å². The second-order valence-corrected chi connectivity index (χ2v) is 7.53. The Kier molecular flexibility index (Phi) is 4.55. The van der Waals surface area contributed by atoms with Crippen molar-refractivity contribution in [2.45, 2.75) is 6.04 Å². The lowest BCUT2D eigenvalue weighted by atomic mass is 9.95. The van der Waals surface area contributed by atoms with Crippen molar-refractivity contribution in [1.29, 1.82) is 0 Å². The number of nitrogens with zero attached hydrogens (tertiary/aromatic N) is 3. The van der Waals surface area contributed by atoms with Crippen LogP contribution in [-0.4, -0.2) is 40.9 Å². The quantitative estimate of drug-likeness (QED) is 0.377. The van der Waals surface area contributed by atoms with Gasteiger partial charge in [0.15, 0.2) is 11.5 Å². The molecule has 1 N–H and O–H groups in total. The Balaban J connectivity index is 1.75. The smallest absolute Gasteiger partial charge is 0.301 e. The summed E-state index contributed by atoms with van der Waals surface area (Å²) in [5.41, 5.74) is 2.30. The van der Waals surface area contributed by atoms with Crippen LogP contribution in [0.3, 0.4) is 0 Å². The highest BCUT2D eigenvalue weighted by Gasteiger charge is 2.48. The number of carbonyl (C=O) groups excluding carboxylic acids is 2. The van der Waals surface area contributed by atoms with Crippen molar-refractivity contribution in [2.75, 3.05) is 18.8 Å². The molecule has 2 aromatic carbocycles. The van der Waals surface area contributed by atoms with Crippen molar-refractivity contribution < 1.29 is 28.9 Å². The van der Waals surface area contributed by atoms with Crippen LogP contribution in [0.1, 0.15) is 17.2 Å². The average Bonchev–Trinajstić information content (AvgIpc) is 3.54. The Morgan fingerprint density at radius 3 is 2.74 bits per heavy atom. The number of anilines is 1. The molecule has 1 saturated heterocycles. The average molecular weight is 437 g/mol. The molecule has 0 bridgehead atoms. The molecule has 0 radical (unpaired) electrons. The third kappa shape index (κ3) is 2.99. The zero-order valence-electron chi connectivity index (χ0n) is 16.1. The van der Waals surface area contributed by atoms with E-state index in [-0.39, 0.29) is 23.3 Å². The predicted molar refractivity (Wildman–Crippen MR) is 110 cm³/mol. The van der Waals surface area contributed by atoms with Gasteiger partial charge in [0.2, 0.25) is 17.7 Å². The van der Waals surface area contributed by atoms with Gasteiger partial charge in [-0.15, -0.1) is 10.2 Å². The summed E-state index contributed by atoms with van der Waals surface area (Å²) in [5.74, 6) is -0.687. The maximum Gasteiger partial charge on any atom is 0.301 e. The molecule has 1 aromatic heterocycles. The fourth-order valence-corrected chi connectivity index (χ4v) is 4.26. The highest BCUT2D eigenvalue weighted by atomic mass is 32.1. The van der Waals surface area contributed by atoms with E-state index in [1.807, 2.05) is 0 Å². The maximum absolute atomic E-state index is 13.1. The van der Waals surface area contributed by atoms with Crippen LogP contribution in [0.25, 0.3) is 5.76 Å². The summed E-state index contributed by atoms with van der Waals surface area (Å²) in [7, 11) is 1.48. The number of amides is 1. The Morgan fingerprint density at radius 1 is 1.23 bits per heavy atom. The number of Topliss-reactive ketones (excluding diaryl/α,β-unsaturated/α-hetero) is 1. The third-order valence-corrected chi connectivity index (χ3v) is 5.73. The van der Waals surface area contributed by atoms with Crippen LogP contribution in [-0.2, 0) is 9.59 Å². The van der Waals surface area contributed by atoms with Gasteiger partial charge in [-0.3, -0.25) is 14.5 Å². The van der Waals surface area contributed by atoms with Gasteiger partial charge in [0.05, 0.1) is 18.7 Å². The number of ether oxygens (including phenoxy) is 3. The lowest BCUT2D eigenvalue weighted by molar-refractivity contribution is -0.132. The lowest BCUT2D eigenvalue weighted by Gasteiger charge is -2.23. The number of aliphatic hydroxyl groups is 1. The molecule has 0 aliphatic carbocycles. The minimum absolute atomic E-state index is 0.0236. The van der Waals surface area contributed by atoms with Gasteiger partial charge in [-0.25, -0.2) is 0 Å². The van der Waals surface area contributed by atoms with Gasteiger partial charge in [-0.05, 0) is 17.7 Å². The molecule has 1 amide bonds. The summed E-state index contributed by atoms with van der Waals surface area (Å²) in [6, 6.07) is 10.9. The number of ketones is 1. The summed E-state index contributed by atoms with van der Waals surface area (Å²) in [6.45, 7) is 0.0236. The molecule has 1 atom stereocenters. The molecule has 3 aromatic rings. The van der Waals surface area contributed by atoms with E-state index in [2.05, 4.69) is 10.2 Å². The molecule has 156 valence electrons. The van der Waals surface area contributed by atoms with Crippen molar-refractivity contribution in [3.63, 3.8) is 0 Å². The Morgan fingerprint density at radius 2 is 2.03 bits per heavy atom. The van der Waals surface area contributed by atoms with E-state index in [9.17, 15) is 14.7 Å². The third-order valence-electron chi connectivity index (χ3n) is 5.04. The van der Waals surface area contributed by atoms with Gasteiger partial charge >= 0.3 is 5.91 Å². The second kappa shape index (κ2) is 7.40. The Labute approximate surface area is 180 Å². The van der Waals surface area contributed by atoms with Gasteiger partial charge in [0.1, 0.15) is 11.3 Å². The van der Waals surface area contributed by atoms with Crippen LogP contribution in [0.2, 0.25) is 0 Å². The Bertz CT molecular complexity index is 1210. The first-order chi connectivity index (χ1) is 15.1. The number of aromatic nitrogens is 2. The molecule has 0 saturated carbocycles. The van der Waals surface area contributed by atoms with Crippen LogP contribution in [0.5, 0.6) is 17.2 Å². The second-order valence-electron chi connectivity index (χ2n) is 6.71. The van der Waals surface area contributed by atoms with Crippen molar-refractivity contribution in [3.05, 3.63) is 64.7 Å². The van der Waals surface area contributed by atoms with Gasteiger partial charge in [0.25, 0.3) is 5.78 Å². The van der Waals surface area contributed by atoms with Crippen molar-refractivity contribution in [2.24, 2.45) is 0 Å². The number of carbonyl (C=O) groups is 2. The zero-order valence-corrected chi connectivity index (χ0v) is 17.0. The topological polar surface area (TPSA) is 111 Å². The number of fused-ring (bicyclic) bond motifs is 1. The van der Waals surface area contributed by atoms with Gasteiger partial charge in [-0.2, -0.15) is 0 Å². The fraction of sp³-hybridized carbons (Fsp3) is 0.143. The van der Waals surface area contributed by atoms with Crippen molar-refractivity contribution >= 4 is 33.9 Å². The summed E-state index contributed by atoms with van der Waals surface area (Å²) < 4.78 is 16.4. The summed E-state index contributed by atoms with van der Waals surface area (Å²) in [4.78, 5) is 27.3. The van der Waals surface area contributed by atoms with E-state index >= 15 is 0 Å². The van der Waals surface area contributed by atoms with Crippen LogP contribution < -0.4 is 19.1 Å². The van der Waals surface area contributed by atoms with Crippen LogP contribution in [0, 0.1) is 0 Å². The summed E-state index contributed by atoms with van der Waals surface area (Å²) in [5, 5.41) is 19.0. The zero-order chi connectivity index (χ0) is 21.5. The number of hydrogen-bond acceptors (Lipinski definition) is 9. The summed E-state index contributed by atoms with van der Waals surface area (Å²) >= 11 is 1.11.